The van der Waals surface area contributed by atoms with Crippen LogP contribution in [-0.4, -0.2) is 85.9 Å². The molecule has 1 N–H and O–H groups in total. The van der Waals surface area contributed by atoms with Crippen LogP contribution in [0.3, 0.4) is 0 Å². The summed E-state index contributed by atoms with van der Waals surface area (Å²) in [7, 11) is 3.42. The van der Waals surface area contributed by atoms with Crippen LogP contribution in [0, 0.1) is 5.92 Å². The summed E-state index contributed by atoms with van der Waals surface area (Å²) < 4.78 is 0. The Kier molecular flexibility index (Phi) is 8.16. The number of nitrogens with one attached hydrogen (secondary N) is 1. The second kappa shape index (κ2) is 10.1. The molecule has 0 spiro atoms. The molecule has 1 saturated carbocycles. The van der Waals surface area contributed by atoms with Crippen molar-refractivity contribution in [3.8, 4) is 0 Å². The molecule has 2 rings (SSSR count). The highest BCUT2D eigenvalue weighted by molar-refractivity contribution is 5.87. The van der Waals surface area contributed by atoms with Gasteiger partial charge in [0, 0.05) is 33.7 Å². The lowest BCUT2D eigenvalue weighted by Crippen LogP contribution is -2.48. The van der Waals surface area contributed by atoms with Gasteiger partial charge in [-0.2, -0.15) is 0 Å². The van der Waals surface area contributed by atoms with Gasteiger partial charge in [0.1, 0.15) is 6.04 Å². The molecule has 0 aromatic heterocycles. The van der Waals surface area contributed by atoms with Crippen molar-refractivity contribution in [2.45, 2.75) is 51.5 Å². The largest absolute Gasteiger partial charge is 0.347 e. The van der Waals surface area contributed by atoms with Crippen LogP contribution in [0.5, 0.6) is 0 Å². The lowest BCUT2D eigenvalue weighted by Gasteiger charge is -2.28. The maximum absolute atomic E-state index is 12.2. The summed E-state index contributed by atoms with van der Waals surface area (Å²) in [6.07, 6.45) is 8.10. The van der Waals surface area contributed by atoms with E-state index in [2.05, 4.69) is 15.1 Å². The number of carbonyl (C=O) groups is 2. The van der Waals surface area contributed by atoms with Gasteiger partial charge in [-0.3, -0.25) is 14.5 Å². The normalized spacial score (nSPS) is 22.2. The van der Waals surface area contributed by atoms with E-state index in [1.54, 1.807) is 21.0 Å². The van der Waals surface area contributed by atoms with Crippen LogP contribution in [0.1, 0.15) is 45.4 Å². The van der Waals surface area contributed by atoms with Crippen molar-refractivity contribution in [3.63, 3.8) is 0 Å². The van der Waals surface area contributed by atoms with E-state index in [9.17, 15) is 9.59 Å². The Morgan fingerprint density at radius 1 is 1.00 bits per heavy atom. The Bertz CT molecular complexity index is 435. The van der Waals surface area contributed by atoms with Gasteiger partial charge in [-0.05, 0) is 45.2 Å². The third-order valence-corrected chi connectivity index (χ3v) is 5.48. The zero-order valence-corrected chi connectivity index (χ0v) is 16.3. The summed E-state index contributed by atoms with van der Waals surface area (Å²) in [5, 5.41) is 2.82. The van der Waals surface area contributed by atoms with E-state index >= 15 is 0 Å². The first-order chi connectivity index (χ1) is 12.0. The molecule has 1 saturated heterocycles. The summed E-state index contributed by atoms with van der Waals surface area (Å²) in [4.78, 5) is 30.4. The van der Waals surface area contributed by atoms with Crippen LogP contribution >= 0.6 is 0 Å². The lowest BCUT2D eigenvalue weighted by atomic mass is 9.89. The summed E-state index contributed by atoms with van der Waals surface area (Å²) in [6, 6.07) is -0.461. The minimum absolute atomic E-state index is 0.0524. The van der Waals surface area contributed by atoms with Crippen molar-refractivity contribution < 1.29 is 9.59 Å². The van der Waals surface area contributed by atoms with Gasteiger partial charge in [-0.25, -0.2) is 0 Å². The van der Waals surface area contributed by atoms with Crippen molar-refractivity contribution in [1.82, 2.24) is 20.0 Å². The lowest BCUT2D eigenvalue weighted by molar-refractivity contribution is -0.134. The molecule has 0 aromatic carbocycles. The van der Waals surface area contributed by atoms with E-state index < -0.39 is 6.04 Å². The molecule has 2 amide bonds. The Balaban J connectivity index is 1.71. The summed E-state index contributed by atoms with van der Waals surface area (Å²) in [5.74, 6) is 0.757. The first-order valence-electron chi connectivity index (χ1n) is 9.91. The van der Waals surface area contributed by atoms with E-state index in [0.29, 0.717) is 6.54 Å². The predicted molar refractivity (Wildman–Crippen MR) is 100 cm³/mol. The Morgan fingerprint density at radius 3 is 2.32 bits per heavy atom. The maximum atomic E-state index is 12.2. The van der Waals surface area contributed by atoms with Crippen LogP contribution < -0.4 is 5.32 Å². The molecule has 25 heavy (non-hydrogen) atoms. The highest BCUT2D eigenvalue weighted by atomic mass is 16.2. The van der Waals surface area contributed by atoms with Gasteiger partial charge < -0.3 is 15.1 Å². The molecule has 1 aliphatic carbocycles. The van der Waals surface area contributed by atoms with Crippen molar-refractivity contribution in [1.29, 1.82) is 0 Å². The quantitative estimate of drug-likeness (QED) is 0.780. The van der Waals surface area contributed by atoms with Crippen molar-refractivity contribution in [2.75, 3.05) is 53.4 Å². The van der Waals surface area contributed by atoms with Crippen LogP contribution in [0.15, 0.2) is 0 Å². The number of hydrogen-bond donors (Lipinski definition) is 1. The van der Waals surface area contributed by atoms with Gasteiger partial charge in [0.05, 0.1) is 6.54 Å². The molecular weight excluding hydrogens is 316 g/mol. The van der Waals surface area contributed by atoms with Gasteiger partial charge in [0.2, 0.25) is 11.8 Å². The maximum Gasteiger partial charge on any atom is 0.244 e. The van der Waals surface area contributed by atoms with Crippen LogP contribution in [-0.2, 0) is 9.59 Å². The second-order valence-electron chi connectivity index (χ2n) is 7.96. The molecule has 2 fully saturated rings. The molecule has 1 aliphatic heterocycles. The Morgan fingerprint density at radius 2 is 1.64 bits per heavy atom. The first kappa shape index (κ1) is 20.2. The van der Waals surface area contributed by atoms with E-state index in [4.69, 9.17) is 0 Å². The molecular formula is C19H36N4O2. The monoisotopic (exact) mass is 352 g/mol. The molecule has 6 heteroatoms. The van der Waals surface area contributed by atoms with Crippen molar-refractivity contribution in [2.24, 2.45) is 5.92 Å². The van der Waals surface area contributed by atoms with Gasteiger partial charge in [0.25, 0.3) is 0 Å². The van der Waals surface area contributed by atoms with Gasteiger partial charge in [-0.1, -0.05) is 19.3 Å². The molecule has 0 aromatic rings. The molecule has 144 valence electrons. The zero-order valence-electron chi connectivity index (χ0n) is 16.3. The van der Waals surface area contributed by atoms with Crippen LogP contribution in [0.25, 0.3) is 0 Å². The fourth-order valence-corrected chi connectivity index (χ4v) is 4.04. The number of nitrogens with zero attached hydrogens (tertiary/aromatic N) is 3. The molecule has 1 heterocycles. The highest BCUT2D eigenvalue weighted by Crippen LogP contribution is 2.24. The minimum atomic E-state index is -0.461. The molecule has 0 bridgehead atoms. The van der Waals surface area contributed by atoms with Gasteiger partial charge >= 0.3 is 0 Å². The SMILES string of the molecule is CC(NC(=O)CN1CCCN(CC2CCCCC2)CC1)C(=O)N(C)C. The Hall–Kier alpha value is -1.14. The molecule has 0 radical (unpaired) electrons. The zero-order chi connectivity index (χ0) is 18.2. The fourth-order valence-electron chi connectivity index (χ4n) is 4.04. The standard InChI is InChI=1S/C19H36N4O2/c1-16(19(25)21(2)3)20-18(24)15-23-11-7-10-22(12-13-23)14-17-8-5-4-6-9-17/h16-17H,4-15H2,1-3H3,(H,20,24). The Labute approximate surface area is 152 Å². The third kappa shape index (κ3) is 6.94. The molecule has 6 nitrogen and oxygen atoms in total. The predicted octanol–water partition coefficient (Wildman–Crippen LogP) is 1.17. The third-order valence-electron chi connectivity index (χ3n) is 5.48. The molecule has 1 unspecified atom stereocenters. The van der Waals surface area contributed by atoms with Crippen LogP contribution in [0.4, 0.5) is 0 Å². The van der Waals surface area contributed by atoms with E-state index in [1.165, 1.54) is 43.5 Å². The van der Waals surface area contributed by atoms with E-state index in [-0.39, 0.29) is 11.8 Å². The topological polar surface area (TPSA) is 55.9 Å². The van der Waals surface area contributed by atoms with E-state index in [0.717, 1.165) is 38.5 Å². The first-order valence-corrected chi connectivity index (χ1v) is 9.91. The van der Waals surface area contributed by atoms with Gasteiger partial charge in [0.15, 0.2) is 0 Å². The number of amides is 2. The molecule has 2 aliphatic rings. The minimum Gasteiger partial charge on any atom is -0.347 e. The number of hydrogen-bond acceptors (Lipinski definition) is 4. The fraction of sp³-hybridized carbons (Fsp3) is 0.895. The van der Waals surface area contributed by atoms with E-state index in [1.807, 2.05) is 0 Å². The smallest absolute Gasteiger partial charge is 0.244 e. The average molecular weight is 353 g/mol. The average Bonchev–Trinajstić information content (AvgIpc) is 2.80. The number of likely N-dealkylation sites (N-methyl/N-ethyl adjacent to an activating group) is 1. The summed E-state index contributed by atoms with van der Waals surface area (Å²) in [5.41, 5.74) is 0. The second-order valence-corrected chi connectivity index (χ2v) is 7.96. The van der Waals surface area contributed by atoms with Gasteiger partial charge in [-0.15, -0.1) is 0 Å². The van der Waals surface area contributed by atoms with Crippen LogP contribution in [0.2, 0.25) is 0 Å². The summed E-state index contributed by atoms with van der Waals surface area (Å²) in [6.45, 7) is 7.46. The number of carbonyl (C=O) groups excluding carboxylic acids is 2. The summed E-state index contributed by atoms with van der Waals surface area (Å²) >= 11 is 0. The highest BCUT2D eigenvalue weighted by Gasteiger charge is 2.22. The molecule has 1 atom stereocenters. The van der Waals surface area contributed by atoms with Crippen molar-refractivity contribution in [3.05, 3.63) is 0 Å². The van der Waals surface area contributed by atoms with Crippen molar-refractivity contribution >= 4 is 11.8 Å². The number of rotatable bonds is 6.